The largest absolute Gasteiger partial charge is 0.369 e. The van der Waals surface area contributed by atoms with Crippen molar-refractivity contribution in [2.24, 2.45) is 11.7 Å². The lowest BCUT2D eigenvalue weighted by Gasteiger charge is -2.27. The summed E-state index contributed by atoms with van der Waals surface area (Å²) in [6.07, 6.45) is 4.64. The van der Waals surface area contributed by atoms with Gasteiger partial charge in [-0.25, -0.2) is 4.39 Å². The van der Waals surface area contributed by atoms with Crippen molar-refractivity contribution >= 4 is 23.4 Å². The highest BCUT2D eigenvalue weighted by atomic mass is 35.5. The molecule has 6 heteroatoms. The number of aryl methyl sites for hydroxylation is 1. The lowest BCUT2D eigenvalue weighted by molar-refractivity contribution is -0.122. The standard InChI is InChI=1S/C15H16ClFN2O2/c1-8-6-7-10(17)12(13(8)16)15(21)19-11-5-3-2-4-9(11)14(18)20/h2-3,6-7,9,11H,4-5H2,1H3,(H2,18,20)(H,19,21)/t9-,11-/m1/s1. The lowest BCUT2D eigenvalue weighted by atomic mass is 9.88. The molecule has 0 saturated carbocycles. The number of rotatable bonds is 3. The van der Waals surface area contributed by atoms with Crippen LogP contribution in [0.4, 0.5) is 4.39 Å². The molecule has 0 spiro atoms. The van der Waals surface area contributed by atoms with E-state index in [1.807, 2.05) is 12.2 Å². The minimum atomic E-state index is -0.690. The number of amides is 2. The number of primary amides is 1. The van der Waals surface area contributed by atoms with Gasteiger partial charge in [0.05, 0.1) is 16.5 Å². The predicted octanol–water partition coefficient (Wildman–Crippen LogP) is 2.34. The van der Waals surface area contributed by atoms with Crippen LogP contribution in [0.2, 0.25) is 5.02 Å². The second-order valence-electron chi connectivity index (χ2n) is 5.08. The van der Waals surface area contributed by atoms with Crippen LogP contribution in [0.5, 0.6) is 0 Å². The van der Waals surface area contributed by atoms with Crippen molar-refractivity contribution in [3.63, 3.8) is 0 Å². The second-order valence-corrected chi connectivity index (χ2v) is 5.46. The molecule has 1 aromatic rings. The van der Waals surface area contributed by atoms with Crippen molar-refractivity contribution in [1.29, 1.82) is 0 Å². The number of nitrogens with one attached hydrogen (secondary N) is 1. The summed E-state index contributed by atoms with van der Waals surface area (Å²) in [5.41, 5.74) is 5.74. The molecule has 0 bridgehead atoms. The molecule has 0 heterocycles. The van der Waals surface area contributed by atoms with Gasteiger partial charge in [0.25, 0.3) is 5.91 Å². The summed E-state index contributed by atoms with van der Waals surface area (Å²) in [5.74, 6) is -2.30. The van der Waals surface area contributed by atoms with Gasteiger partial charge in [-0.15, -0.1) is 0 Å². The average Bonchev–Trinajstić information content (AvgIpc) is 2.43. The van der Waals surface area contributed by atoms with E-state index in [1.54, 1.807) is 6.92 Å². The normalized spacial score (nSPS) is 21.1. The molecule has 0 aliphatic heterocycles. The van der Waals surface area contributed by atoms with Gasteiger partial charge in [0.2, 0.25) is 5.91 Å². The van der Waals surface area contributed by atoms with Crippen LogP contribution >= 0.6 is 11.6 Å². The zero-order chi connectivity index (χ0) is 15.6. The van der Waals surface area contributed by atoms with E-state index in [0.717, 1.165) is 0 Å². The Morgan fingerprint density at radius 1 is 1.33 bits per heavy atom. The van der Waals surface area contributed by atoms with Crippen LogP contribution in [0.15, 0.2) is 24.3 Å². The Bertz CT molecular complexity index is 616. The van der Waals surface area contributed by atoms with Gasteiger partial charge >= 0.3 is 0 Å². The Balaban J connectivity index is 2.24. The zero-order valence-corrected chi connectivity index (χ0v) is 12.3. The highest BCUT2D eigenvalue weighted by Gasteiger charge is 2.30. The molecule has 3 N–H and O–H groups in total. The Labute approximate surface area is 127 Å². The topological polar surface area (TPSA) is 72.2 Å². The van der Waals surface area contributed by atoms with Gasteiger partial charge in [-0.1, -0.05) is 29.8 Å². The number of nitrogens with two attached hydrogens (primary N) is 1. The molecule has 0 fully saturated rings. The minimum absolute atomic E-state index is 0.0782. The Morgan fingerprint density at radius 3 is 2.67 bits per heavy atom. The molecule has 1 aliphatic rings. The molecular weight excluding hydrogens is 295 g/mol. The van der Waals surface area contributed by atoms with Gasteiger partial charge in [-0.3, -0.25) is 9.59 Å². The Kier molecular flexibility index (Phi) is 4.63. The number of allylic oxidation sites excluding steroid dienone is 1. The molecule has 0 radical (unpaired) electrons. The van der Waals surface area contributed by atoms with Crippen molar-refractivity contribution in [1.82, 2.24) is 5.32 Å². The maximum atomic E-state index is 13.8. The van der Waals surface area contributed by atoms with Crippen LogP contribution in [0, 0.1) is 18.7 Å². The zero-order valence-electron chi connectivity index (χ0n) is 11.5. The molecule has 2 rings (SSSR count). The third kappa shape index (κ3) is 3.24. The highest BCUT2D eigenvalue weighted by molar-refractivity contribution is 6.34. The number of halogens is 2. The summed E-state index contributed by atoms with van der Waals surface area (Å²) < 4.78 is 13.8. The quantitative estimate of drug-likeness (QED) is 0.841. The third-order valence-corrected chi connectivity index (χ3v) is 4.11. The SMILES string of the molecule is Cc1ccc(F)c(C(=O)N[C@@H]2CC=CC[C@H]2C(N)=O)c1Cl. The molecule has 21 heavy (non-hydrogen) atoms. The summed E-state index contributed by atoms with van der Waals surface area (Å²) in [6.45, 7) is 1.69. The van der Waals surface area contributed by atoms with Crippen LogP contribution in [0.3, 0.4) is 0 Å². The lowest BCUT2D eigenvalue weighted by Crippen LogP contribution is -2.46. The van der Waals surface area contributed by atoms with E-state index in [9.17, 15) is 14.0 Å². The fourth-order valence-electron chi connectivity index (χ4n) is 2.39. The maximum Gasteiger partial charge on any atom is 0.256 e. The Morgan fingerprint density at radius 2 is 2.00 bits per heavy atom. The number of carbonyl (C=O) groups is 2. The monoisotopic (exact) mass is 310 g/mol. The van der Waals surface area contributed by atoms with E-state index in [4.69, 9.17) is 17.3 Å². The number of benzene rings is 1. The molecule has 0 saturated heterocycles. The molecule has 2 amide bonds. The van der Waals surface area contributed by atoms with E-state index in [0.29, 0.717) is 18.4 Å². The minimum Gasteiger partial charge on any atom is -0.369 e. The van der Waals surface area contributed by atoms with Crippen molar-refractivity contribution in [2.75, 3.05) is 0 Å². The van der Waals surface area contributed by atoms with Crippen LogP contribution in [-0.4, -0.2) is 17.9 Å². The Hall–Kier alpha value is -1.88. The summed E-state index contributed by atoms with van der Waals surface area (Å²) in [7, 11) is 0. The second kappa shape index (κ2) is 6.26. The van der Waals surface area contributed by atoms with Crippen LogP contribution in [0.1, 0.15) is 28.8 Å². The first-order chi connectivity index (χ1) is 9.91. The first kappa shape index (κ1) is 15.5. The van der Waals surface area contributed by atoms with Crippen molar-refractivity contribution in [3.05, 3.63) is 46.3 Å². The van der Waals surface area contributed by atoms with Crippen LogP contribution in [-0.2, 0) is 4.79 Å². The van der Waals surface area contributed by atoms with Gasteiger partial charge < -0.3 is 11.1 Å². The fourth-order valence-corrected chi connectivity index (χ4v) is 2.63. The number of hydrogen-bond acceptors (Lipinski definition) is 2. The number of hydrogen-bond donors (Lipinski definition) is 2. The molecule has 4 nitrogen and oxygen atoms in total. The van der Waals surface area contributed by atoms with E-state index >= 15 is 0 Å². The van der Waals surface area contributed by atoms with Crippen LogP contribution < -0.4 is 11.1 Å². The van der Waals surface area contributed by atoms with Gasteiger partial charge in [-0.05, 0) is 31.4 Å². The molecule has 112 valence electrons. The first-order valence-corrected chi connectivity index (χ1v) is 6.99. The fraction of sp³-hybridized carbons (Fsp3) is 0.333. The van der Waals surface area contributed by atoms with Crippen molar-refractivity contribution in [2.45, 2.75) is 25.8 Å². The summed E-state index contributed by atoms with van der Waals surface area (Å²) in [6, 6.07) is 2.25. The van der Waals surface area contributed by atoms with E-state index in [-0.39, 0.29) is 10.6 Å². The smallest absolute Gasteiger partial charge is 0.256 e. The summed E-state index contributed by atoms with van der Waals surface area (Å²) in [5, 5.41) is 2.74. The van der Waals surface area contributed by atoms with Gasteiger partial charge in [0, 0.05) is 6.04 Å². The van der Waals surface area contributed by atoms with Gasteiger partial charge in [-0.2, -0.15) is 0 Å². The first-order valence-electron chi connectivity index (χ1n) is 6.61. The maximum absolute atomic E-state index is 13.8. The molecule has 1 aromatic carbocycles. The molecule has 0 aromatic heterocycles. The van der Waals surface area contributed by atoms with E-state index < -0.39 is 29.6 Å². The molecular formula is C15H16ClFN2O2. The molecule has 2 atom stereocenters. The van der Waals surface area contributed by atoms with Gasteiger partial charge in [0.15, 0.2) is 0 Å². The summed E-state index contributed by atoms with van der Waals surface area (Å²) in [4.78, 5) is 23.7. The summed E-state index contributed by atoms with van der Waals surface area (Å²) >= 11 is 6.00. The van der Waals surface area contributed by atoms with Gasteiger partial charge in [0.1, 0.15) is 5.82 Å². The predicted molar refractivity (Wildman–Crippen MR) is 78.5 cm³/mol. The molecule has 1 aliphatic carbocycles. The van der Waals surface area contributed by atoms with Crippen molar-refractivity contribution < 1.29 is 14.0 Å². The third-order valence-electron chi connectivity index (χ3n) is 3.63. The molecule has 0 unspecified atom stereocenters. The van der Waals surface area contributed by atoms with E-state index in [1.165, 1.54) is 12.1 Å². The number of carbonyl (C=O) groups excluding carboxylic acids is 2. The van der Waals surface area contributed by atoms with Crippen molar-refractivity contribution in [3.8, 4) is 0 Å². The average molecular weight is 311 g/mol. The van der Waals surface area contributed by atoms with E-state index in [2.05, 4.69) is 5.32 Å². The highest BCUT2D eigenvalue weighted by Crippen LogP contribution is 2.25. The van der Waals surface area contributed by atoms with Crippen LogP contribution in [0.25, 0.3) is 0 Å².